The number of nitrogens with one attached hydrogen (secondary N) is 1. The highest BCUT2D eigenvalue weighted by Crippen LogP contribution is 2.05. The lowest BCUT2D eigenvalue weighted by Crippen LogP contribution is -2.26. The van der Waals surface area contributed by atoms with Gasteiger partial charge in [0.05, 0.1) is 0 Å². The molecule has 0 saturated heterocycles. The van der Waals surface area contributed by atoms with Crippen molar-refractivity contribution in [3.8, 4) is 0 Å². The van der Waals surface area contributed by atoms with Crippen molar-refractivity contribution >= 4 is 0 Å². The Hall–Kier alpha value is -0.300. The van der Waals surface area contributed by atoms with E-state index in [-0.39, 0.29) is 0 Å². The Bertz CT molecular complexity index is 125. The summed E-state index contributed by atoms with van der Waals surface area (Å²) in [4.78, 5) is 0. The molecule has 66 valence electrons. The first-order valence-corrected chi connectivity index (χ1v) is 4.49. The number of hydrogen-bond acceptors (Lipinski definition) is 1. The lowest BCUT2D eigenvalue weighted by molar-refractivity contribution is 0.625. The van der Waals surface area contributed by atoms with Gasteiger partial charge in [-0.05, 0) is 26.3 Å². The van der Waals surface area contributed by atoms with E-state index in [0.29, 0.717) is 12.0 Å². The Morgan fingerprint density at radius 2 is 1.91 bits per heavy atom. The van der Waals surface area contributed by atoms with E-state index in [1.165, 1.54) is 5.57 Å². The maximum absolute atomic E-state index is 3.38. The van der Waals surface area contributed by atoms with Crippen molar-refractivity contribution in [3.63, 3.8) is 0 Å². The van der Waals surface area contributed by atoms with Crippen LogP contribution in [0.3, 0.4) is 0 Å². The minimum atomic E-state index is 0.530. The van der Waals surface area contributed by atoms with Gasteiger partial charge in [-0.15, -0.1) is 0 Å². The van der Waals surface area contributed by atoms with Crippen molar-refractivity contribution < 1.29 is 0 Å². The number of likely N-dealkylation sites (N-methyl/N-ethyl adjacent to an activating group) is 1. The summed E-state index contributed by atoms with van der Waals surface area (Å²) in [6, 6.07) is 0.530. The van der Waals surface area contributed by atoms with Gasteiger partial charge in [-0.1, -0.05) is 32.4 Å². The zero-order chi connectivity index (χ0) is 8.85. The van der Waals surface area contributed by atoms with Crippen LogP contribution in [0, 0.1) is 5.92 Å². The number of rotatable bonds is 4. The fourth-order valence-electron chi connectivity index (χ4n) is 1.14. The monoisotopic (exact) mass is 155 g/mol. The first-order chi connectivity index (χ1) is 5.07. The predicted molar refractivity (Wildman–Crippen MR) is 51.7 cm³/mol. The third-order valence-corrected chi connectivity index (χ3v) is 1.79. The smallest absolute Gasteiger partial charge is 0.0248 e. The molecule has 0 saturated carbocycles. The van der Waals surface area contributed by atoms with E-state index in [0.717, 1.165) is 6.54 Å². The molecule has 0 bridgehead atoms. The number of hydrogen-bond donors (Lipinski definition) is 1. The van der Waals surface area contributed by atoms with Crippen LogP contribution < -0.4 is 5.32 Å². The molecule has 0 amide bonds. The van der Waals surface area contributed by atoms with Gasteiger partial charge in [-0.2, -0.15) is 0 Å². The van der Waals surface area contributed by atoms with Gasteiger partial charge in [-0.25, -0.2) is 0 Å². The van der Waals surface area contributed by atoms with Crippen molar-refractivity contribution in [2.24, 2.45) is 5.92 Å². The summed E-state index contributed by atoms with van der Waals surface area (Å²) in [5, 5.41) is 3.38. The average molecular weight is 155 g/mol. The van der Waals surface area contributed by atoms with Gasteiger partial charge in [0.1, 0.15) is 0 Å². The molecule has 0 aromatic carbocycles. The zero-order valence-corrected chi connectivity index (χ0v) is 8.44. The van der Waals surface area contributed by atoms with Gasteiger partial charge < -0.3 is 5.32 Å². The average Bonchev–Trinajstić information content (AvgIpc) is 1.86. The first-order valence-electron chi connectivity index (χ1n) is 4.49. The zero-order valence-electron chi connectivity index (χ0n) is 8.44. The Morgan fingerprint density at radius 3 is 2.27 bits per heavy atom. The molecule has 0 aliphatic heterocycles. The molecule has 0 aliphatic rings. The topological polar surface area (TPSA) is 12.0 Å². The second kappa shape index (κ2) is 5.36. The minimum Gasteiger partial charge on any atom is -0.311 e. The molecule has 1 unspecified atom stereocenters. The van der Waals surface area contributed by atoms with E-state index in [4.69, 9.17) is 0 Å². The van der Waals surface area contributed by atoms with Gasteiger partial charge in [0, 0.05) is 6.04 Å². The van der Waals surface area contributed by atoms with Crippen LogP contribution in [0.1, 0.15) is 34.6 Å². The Morgan fingerprint density at radius 1 is 1.36 bits per heavy atom. The maximum atomic E-state index is 3.38. The molecule has 11 heavy (non-hydrogen) atoms. The molecule has 0 spiro atoms. The third-order valence-electron chi connectivity index (χ3n) is 1.79. The van der Waals surface area contributed by atoms with E-state index in [2.05, 4.69) is 46.0 Å². The largest absolute Gasteiger partial charge is 0.311 e. The van der Waals surface area contributed by atoms with Crippen LogP contribution in [-0.2, 0) is 0 Å². The van der Waals surface area contributed by atoms with Crippen LogP contribution in [0.25, 0.3) is 0 Å². The molecule has 0 aliphatic carbocycles. The second-order valence-electron chi connectivity index (χ2n) is 3.43. The minimum absolute atomic E-state index is 0.530. The molecular weight excluding hydrogens is 134 g/mol. The second-order valence-corrected chi connectivity index (χ2v) is 3.43. The normalized spacial score (nSPS) is 15.6. The van der Waals surface area contributed by atoms with Crippen molar-refractivity contribution in [1.82, 2.24) is 5.32 Å². The molecule has 0 fully saturated rings. The highest BCUT2D eigenvalue weighted by molar-refractivity contribution is 5.06. The maximum Gasteiger partial charge on any atom is 0.0248 e. The SMILES string of the molecule is CCNC(C)/C(C)=C/C(C)C. The molecule has 0 radical (unpaired) electrons. The highest BCUT2D eigenvalue weighted by Gasteiger charge is 2.01. The van der Waals surface area contributed by atoms with Crippen LogP contribution in [0.15, 0.2) is 11.6 Å². The van der Waals surface area contributed by atoms with Crippen molar-refractivity contribution in [2.45, 2.75) is 40.7 Å². The molecule has 1 N–H and O–H groups in total. The summed E-state index contributed by atoms with van der Waals surface area (Å²) >= 11 is 0. The van der Waals surface area contributed by atoms with Crippen LogP contribution in [0.5, 0.6) is 0 Å². The molecule has 0 aromatic heterocycles. The van der Waals surface area contributed by atoms with Crippen molar-refractivity contribution in [2.75, 3.05) is 6.54 Å². The van der Waals surface area contributed by atoms with Crippen LogP contribution in [0.2, 0.25) is 0 Å². The van der Waals surface area contributed by atoms with Crippen LogP contribution in [-0.4, -0.2) is 12.6 Å². The quantitative estimate of drug-likeness (QED) is 0.615. The van der Waals surface area contributed by atoms with Gasteiger partial charge in [0.2, 0.25) is 0 Å². The fraction of sp³-hybridized carbons (Fsp3) is 0.800. The summed E-state index contributed by atoms with van der Waals surface area (Å²) in [6.07, 6.45) is 2.31. The van der Waals surface area contributed by atoms with E-state index < -0.39 is 0 Å². The third kappa shape index (κ3) is 5.02. The standard InChI is InChI=1S/C10H21N/c1-6-11-10(5)9(4)7-8(2)3/h7-8,10-11H,6H2,1-5H3/b9-7+. The van der Waals surface area contributed by atoms with E-state index in [1.54, 1.807) is 0 Å². The Labute approximate surface area is 70.9 Å². The lowest BCUT2D eigenvalue weighted by Gasteiger charge is -2.13. The summed E-state index contributed by atoms with van der Waals surface area (Å²) in [5.41, 5.74) is 1.45. The van der Waals surface area contributed by atoms with Crippen molar-refractivity contribution in [1.29, 1.82) is 0 Å². The molecule has 0 rings (SSSR count). The molecule has 1 nitrogen and oxygen atoms in total. The molecule has 0 heterocycles. The summed E-state index contributed by atoms with van der Waals surface area (Å²) in [5.74, 6) is 0.663. The van der Waals surface area contributed by atoms with Crippen molar-refractivity contribution in [3.05, 3.63) is 11.6 Å². The summed E-state index contributed by atoms with van der Waals surface area (Å²) in [7, 11) is 0. The highest BCUT2D eigenvalue weighted by atomic mass is 14.9. The molecule has 1 heteroatoms. The van der Waals surface area contributed by atoms with Gasteiger partial charge >= 0.3 is 0 Å². The fourth-order valence-corrected chi connectivity index (χ4v) is 1.14. The molecular formula is C10H21N. The molecule has 1 atom stereocenters. The van der Waals surface area contributed by atoms with Crippen LogP contribution >= 0.6 is 0 Å². The predicted octanol–water partition coefficient (Wildman–Crippen LogP) is 2.59. The Balaban J connectivity index is 3.89. The molecule has 0 aromatic rings. The van der Waals surface area contributed by atoms with E-state index in [1.807, 2.05) is 0 Å². The first kappa shape index (κ1) is 10.7. The van der Waals surface area contributed by atoms with Crippen LogP contribution in [0.4, 0.5) is 0 Å². The van der Waals surface area contributed by atoms with Gasteiger partial charge in [0.25, 0.3) is 0 Å². The van der Waals surface area contributed by atoms with Gasteiger partial charge in [0.15, 0.2) is 0 Å². The summed E-state index contributed by atoms with van der Waals surface area (Å²) < 4.78 is 0. The summed E-state index contributed by atoms with van der Waals surface area (Å²) in [6.45, 7) is 12.0. The van der Waals surface area contributed by atoms with Gasteiger partial charge in [-0.3, -0.25) is 0 Å². The lowest BCUT2D eigenvalue weighted by atomic mass is 10.1. The van der Waals surface area contributed by atoms with E-state index >= 15 is 0 Å². The van der Waals surface area contributed by atoms with E-state index in [9.17, 15) is 0 Å². The Kier molecular flexibility index (Phi) is 5.22. The number of allylic oxidation sites excluding steroid dienone is 1.